The van der Waals surface area contributed by atoms with Crippen LogP contribution in [0, 0.1) is 5.92 Å². The highest BCUT2D eigenvalue weighted by atomic mass is 16.2. The summed E-state index contributed by atoms with van der Waals surface area (Å²) < 4.78 is 0. The lowest BCUT2D eigenvalue weighted by Gasteiger charge is -2.20. The molecule has 0 aromatic heterocycles. The van der Waals surface area contributed by atoms with Crippen molar-refractivity contribution in [3.63, 3.8) is 0 Å². The molecule has 0 saturated carbocycles. The number of carbonyl (C=O) groups is 3. The molecule has 3 amide bonds. The zero-order valence-corrected chi connectivity index (χ0v) is 18.8. The molecular formula is C25H32N4O3. The number of carbonyl (C=O) groups excluding carboxylic acids is 3. The highest BCUT2D eigenvalue weighted by Gasteiger charge is 2.17. The van der Waals surface area contributed by atoms with E-state index in [4.69, 9.17) is 0 Å². The molecule has 0 radical (unpaired) electrons. The molecule has 7 heteroatoms. The fourth-order valence-electron chi connectivity index (χ4n) is 3.53. The molecule has 0 aliphatic carbocycles. The van der Waals surface area contributed by atoms with Gasteiger partial charge in [-0.3, -0.25) is 14.4 Å². The first-order chi connectivity index (χ1) is 15.4. The number of hydrogen-bond donors (Lipinski definition) is 3. The Morgan fingerprint density at radius 3 is 2.16 bits per heavy atom. The van der Waals surface area contributed by atoms with Crippen molar-refractivity contribution in [2.75, 3.05) is 35.6 Å². The Kier molecular flexibility index (Phi) is 8.25. The molecule has 1 aliphatic rings. The molecule has 1 fully saturated rings. The highest BCUT2D eigenvalue weighted by Crippen LogP contribution is 2.17. The summed E-state index contributed by atoms with van der Waals surface area (Å²) in [7, 11) is 0. The fourth-order valence-corrected chi connectivity index (χ4v) is 3.53. The summed E-state index contributed by atoms with van der Waals surface area (Å²) in [6, 6.07) is 14.3. The summed E-state index contributed by atoms with van der Waals surface area (Å²) in [6.45, 7) is 5.34. The van der Waals surface area contributed by atoms with Gasteiger partial charge in [-0.05, 0) is 55.3 Å². The van der Waals surface area contributed by atoms with E-state index in [1.807, 2.05) is 30.9 Å². The van der Waals surface area contributed by atoms with Gasteiger partial charge < -0.3 is 20.9 Å². The van der Waals surface area contributed by atoms with Gasteiger partial charge in [-0.1, -0.05) is 32.8 Å². The van der Waals surface area contributed by atoms with Gasteiger partial charge >= 0.3 is 0 Å². The Bertz CT molecular complexity index is 932. The van der Waals surface area contributed by atoms with Crippen molar-refractivity contribution in [2.45, 2.75) is 39.5 Å². The standard InChI is InChI=1S/C25H32N4O3/c1-18(2)24(31)28-21-12-10-20(11-13-21)26-17-23(30)27-22-9-7-8-19(16-22)25(32)29-14-5-3-4-6-15-29/h7-13,16,18,26H,3-6,14-15,17H2,1-2H3,(H,27,30)(H,28,31). The molecule has 32 heavy (non-hydrogen) atoms. The van der Waals surface area contributed by atoms with Gasteiger partial charge in [0.2, 0.25) is 11.8 Å². The number of nitrogens with zero attached hydrogens (tertiary/aromatic N) is 1. The molecular weight excluding hydrogens is 404 g/mol. The van der Waals surface area contributed by atoms with Crippen LogP contribution < -0.4 is 16.0 Å². The van der Waals surface area contributed by atoms with E-state index in [1.165, 1.54) is 12.8 Å². The first kappa shape index (κ1) is 23.3. The van der Waals surface area contributed by atoms with Crippen molar-refractivity contribution in [1.82, 2.24) is 4.90 Å². The molecule has 3 N–H and O–H groups in total. The number of nitrogens with one attached hydrogen (secondary N) is 3. The fraction of sp³-hybridized carbons (Fsp3) is 0.400. The number of anilines is 3. The number of amides is 3. The SMILES string of the molecule is CC(C)C(=O)Nc1ccc(NCC(=O)Nc2cccc(C(=O)N3CCCCCC3)c2)cc1. The number of benzene rings is 2. The second kappa shape index (κ2) is 11.3. The van der Waals surface area contributed by atoms with Crippen LogP contribution in [0.4, 0.5) is 17.1 Å². The summed E-state index contributed by atoms with van der Waals surface area (Å²) in [4.78, 5) is 38.8. The zero-order chi connectivity index (χ0) is 22.9. The number of hydrogen-bond acceptors (Lipinski definition) is 4. The molecule has 170 valence electrons. The highest BCUT2D eigenvalue weighted by molar-refractivity contribution is 5.98. The Labute approximate surface area is 189 Å². The summed E-state index contributed by atoms with van der Waals surface area (Å²) >= 11 is 0. The van der Waals surface area contributed by atoms with Crippen molar-refractivity contribution in [3.8, 4) is 0 Å². The molecule has 1 aliphatic heterocycles. The second-order valence-electron chi connectivity index (χ2n) is 8.41. The number of likely N-dealkylation sites (tertiary alicyclic amines) is 1. The van der Waals surface area contributed by atoms with Gasteiger partial charge in [0.1, 0.15) is 0 Å². The van der Waals surface area contributed by atoms with Crippen molar-refractivity contribution < 1.29 is 14.4 Å². The van der Waals surface area contributed by atoms with E-state index < -0.39 is 0 Å². The maximum absolute atomic E-state index is 12.8. The van der Waals surface area contributed by atoms with Crippen LogP contribution in [0.1, 0.15) is 49.9 Å². The first-order valence-electron chi connectivity index (χ1n) is 11.3. The first-order valence-corrected chi connectivity index (χ1v) is 11.3. The molecule has 2 aromatic rings. The van der Waals surface area contributed by atoms with Gasteiger partial charge in [-0.2, -0.15) is 0 Å². The van der Waals surface area contributed by atoms with Gasteiger partial charge in [-0.15, -0.1) is 0 Å². The molecule has 1 heterocycles. The van der Waals surface area contributed by atoms with Crippen LogP contribution in [0.3, 0.4) is 0 Å². The minimum atomic E-state index is -0.207. The van der Waals surface area contributed by atoms with E-state index >= 15 is 0 Å². The molecule has 7 nitrogen and oxygen atoms in total. The van der Waals surface area contributed by atoms with Gasteiger partial charge in [0, 0.05) is 41.6 Å². The van der Waals surface area contributed by atoms with E-state index in [2.05, 4.69) is 16.0 Å². The minimum absolute atomic E-state index is 0.0192. The van der Waals surface area contributed by atoms with E-state index in [-0.39, 0.29) is 30.2 Å². The smallest absolute Gasteiger partial charge is 0.253 e. The quantitative estimate of drug-likeness (QED) is 0.602. The van der Waals surface area contributed by atoms with Gasteiger partial charge in [0.15, 0.2) is 0 Å². The molecule has 1 saturated heterocycles. The molecule has 0 spiro atoms. The van der Waals surface area contributed by atoms with E-state index in [0.717, 1.165) is 31.6 Å². The molecule has 0 unspecified atom stereocenters. The van der Waals surface area contributed by atoms with Crippen molar-refractivity contribution in [3.05, 3.63) is 54.1 Å². The van der Waals surface area contributed by atoms with Gasteiger partial charge in [0.25, 0.3) is 5.91 Å². The van der Waals surface area contributed by atoms with Crippen LogP contribution >= 0.6 is 0 Å². The topological polar surface area (TPSA) is 90.5 Å². The van der Waals surface area contributed by atoms with Crippen molar-refractivity contribution in [2.24, 2.45) is 5.92 Å². The molecule has 0 bridgehead atoms. The summed E-state index contributed by atoms with van der Waals surface area (Å²) in [5.41, 5.74) is 2.68. The number of rotatable bonds is 7. The summed E-state index contributed by atoms with van der Waals surface area (Å²) in [5, 5.41) is 8.74. The zero-order valence-electron chi connectivity index (χ0n) is 18.8. The third kappa shape index (κ3) is 6.83. The van der Waals surface area contributed by atoms with Crippen molar-refractivity contribution >= 4 is 34.8 Å². The van der Waals surface area contributed by atoms with Gasteiger partial charge in [0.05, 0.1) is 6.54 Å². The monoisotopic (exact) mass is 436 g/mol. The van der Waals surface area contributed by atoms with E-state index in [0.29, 0.717) is 16.9 Å². The largest absolute Gasteiger partial charge is 0.376 e. The Morgan fingerprint density at radius 1 is 0.844 bits per heavy atom. The average molecular weight is 437 g/mol. The second-order valence-corrected chi connectivity index (χ2v) is 8.41. The van der Waals surface area contributed by atoms with Gasteiger partial charge in [-0.25, -0.2) is 0 Å². The summed E-state index contributed by atoms with van der Waals surface area (Å²) in [5.74, 6) is -0.316. The summed E-state index contributed by atoms with van der Waals surface area (Å²) in [6.07, 6.45) is 4.42. The predicted molar refractivity (Wildman–Crippen MR) is 128 cm³/mol. The Hall–Kier alpha value is -3.35. The third-order valence-electron chi connectivity index (χ3n) is 5.42. The van der Waals surface area contributed by atoms with E-state index in [1.54, 1.807) is 36.4 Å². The van der Waals surface area contributed by atoms with Crippen LogP contribution in [-0.2, 0) is 9.59 Å². The van der Waals surface area contributed by atoms with Crippen LogP contribution in [0.2, 0.25) is 0 Å². The lowest BCUT2D eigenvalue weighted by atomic mass is 10.1. The van der Waals surface area contributed by atoms with Crippen LogP contribution in [-0.4, -0.2) is 42.3 Å². The van der Waals surface area contributed by atoms with Crippen LogP contribution in [0.15, 0.2) is 48.5 Å². The molecule has 3 rings (SSSR count). The lowest BCUT2D eigenvalue weighted by Crippen LogP contribution is -2.31. The van der Waals surface area contributed by atoms with Crippen LogP contribution in [0.25, 0.3) is 0 Å². The lowest BCUT2D eigenvalue weighted by molar-refractivity contribution is -0.119. The Balaban J connectivity index is 1.51. The third-order valence-corrected chi connectivity index (χ3v) is 5.42. The van der Waals surface area contributed by atoms with Crippen molar-refractivity contribution in [1.29, 1.82) is 0 Å². The van der Waals surface area contributed by atoms with E-state index in [9.17, 15) is 14.4 Å². The maximum atomic E-state index is 12.8. The predicted octanol–water partition coefficient (Wildman–Crippen LogP) is 4.35. The normalized spacial score (nSPS) is 13.9. The maximum Gasteiger partial charge on any atom is 0.253 e. The molecule has 0 atom stereocenters. The average Bonchev–Trinajstić information content (AvgIpc) is 3.08. The molecule has 2 aromatic carbocycles. The Morgan fingerprint density at radius 2 is 1.50 bits per heavy atom. The minimum Gasteiger partial charge on any atom is -0.376 e. The van der Waals surface area contributed by atoms with Crippen LogP contribution in [0.5, 0.6) is 0 Å².